The van der Waals surface area contributed by atoms with E-state index in [2.05, 4.69) is 4.98 Å². The molecule has 0 saturated carbocycles. The highest BCUT2D eigenvalue weighted by atomic mass is 19.1. The molecule has 0 N–H and O–H groups in total. The number of aromatic nitrogens is 1. The molecule has 104 valence electrons. The fourth-order valence-corrected chi connectivity index (χ4v) is 1.80. The molecule has 1 aromatic carbocycles. The number of hydrogen-bond donors (Lipinski definition) is 0. The van der Waals surface area contributed by atoms with Crippen molar-refractivity contribution in [1.29, 1.82) is 0 Å². The highest BCUT2D eigenvalue weighted by Crippen LogP contribution is 2.30. The lowest BCUT2D eigenvalue weighted by Gasteiger charge is -2.29. The third kappa shape index (κ3) is 3.02. The van der Waals surface area contributed by atoms with Gasteiger partial charge in [-0.2, -0.15) is 0 Å². The van der Waals surface area contributed by atoms with Crippen molar-refractivity contribution in [2.45, 2.75) is 20.8 Å². The summed E-state index contributed by atoms with van der Waals surface area (Å²) >= 11 is 0. The smallest absolute Gasteiger partial charge is 0.236 e. The van der Waals surface area contributed by atoms with Crippen LogP contribution in [0.3, 0.4) is 0 Å². The first-order valence-electron chi connectivity index (χ1n) is 6.40. The first kappa shape index (κ1) is 14.2. The summed E-state index contributed by atoms with van der Waals surface area (Å²) in [5.41, 5.74) is 0.807. The maximum atomic E-state index is 13.1. The maximum Gasteiger partial charge on any atom is 0.236 e. The van der Waals surface area contributed by atoms with Crippen LogP contribution in [0.15, 0.2) is 48.8 Å². The molecule has 0 spiro atoms. The van der Waals surface area contributed by atoms with E-state index in [1.54, 1.807) is 41.6 Å². The van der Waals surface area contributed by atoms with Crippen LogP contribution in [0.4, 0.5) is 15.8 Å². The number of anilines is 2. The second kappa shape index (κ2) is 5.41. The minimum absolute atomic E-state index is 0.0599. The average molecular weight is 272 g/mol. The van der Waals surface area contributed by atoms with Crippen LogP contribution < -0.4 is 4.90 Å². The van der Waals surface area contributed by atoms with E-state index < -0.39 is 5.41 Å². The molecule has 0 aliphatic heterocycles. The van der Waals surface area contributed by atoms with Crippen molar-refractivity contribution in [3.8, 4) is 0 Å². The van der Waals surface area contributed by atoms with Crippen LogP contribution >= 0.6 is 0 Å². The van der Waals surface area contributed by atoms with Gasteiger partial charge in [0.15, 0.2) is 0 Å². The number of benzene rings is 1. The Hall–Kier alpha value is -2.23. The molecular formula is C16H17FN2O. The largest absolute Gasteiger partial charge is 0.281 e. The maximum absolute atomic E-state index is 13.1. The van der Waals surface area contributed by atoms with Crippen molar-refractivity contribution >= 4 is 17.3 Å². The summed E-state index contributed by atoms with van der Waals surface area (Å²) in [5, 5.41) is 0. The Morgan fingerprint density at radius 3 is 2.00 bits per heavy atom. The molecular weight excluding hydrogens is 255 g/mol. The summed E-state index contributed by atoms with van der Waals surface area (Å²) in [4.78, 5) is 18.2. The van der Waals surface area contributed by atoms with Gasteiger partial charge in [0.2, 0.25) is 5.91 Å². The van der Waals surface area contributed by atoms with Gasteiger partial charge in [0, 0.05) is 23.5 Å². The summed E-state index contributed by atoms with van der Waals surface area (Å²) in [7, 11) is 0. The molecule has 1 aromatic heterocycles. The summed E-state index contributed by atoms with van der Waals surface area (Å²) in [6, 6.07) is 9.40. The number of nitrogens with zero attached hydrogens (tertiary/aromatic N) is 2. The Kier molecular flexibility index (Phi) is 3.84. The predicted octanol–water partition coefficient (Wildman–Crippen LogP) is 3.93. The monoisotopic (exact) mass is 272 g/mol. The van der Waals surface area contributed by atoms with Crippen LogP contribution in [0.25, 0.3) is 0 Å². The van der Waals surface area contributed by atoms with Gasteiger partial charge in [-0.15, -0.1) is 0 Å². The number of carbonyl (C=O) groups is 1. The number of amides is 1. The predicted molar refractivity (Wildman–Crippen MR) is 77.2 cm³/mol. The van der Waals surface area contributed by atoms with Crippen molar-refractivity contribution < 1.29 is 9.18 Å². The van der Waals surface area contributed by atoms with Crippen LogP contribution in [0.2, 0.25) is 0 Å². The topological polar surface area (TPSA) is 33.2 Å². The Morgan fingerprint density at radius 2 is 1.50 bits per heavy atom. The van der Waals surface area contributed by atoms with Gasteiger partial charge in [-0.1, -0.05) is 20.8 Å². The van der Waals surface area contributed by atoms with Crippen LogP contribution in [-0.4, -0.2) is 10.9 Å². The second-order valence-electron chi connectivity index (χ2n) is 5.57. The summed E-state index contributed by atoms with van der Waals surface area (Å²) < 4.78 is 13.1. The normalized spacial score (nSPS) is 11.2. The number of rotatable bonds is 2. The van der Waals surface area contributed by atoms with E-state index in [1.807, 2.05) is 20.8 Å². The lowest BCUT2D eigenvalue weighted by atomic mass is 9.94. The molecule has 4 heteroatoms. The van der Waals surface area contributed by atoms with E-state index in [4.69, 9.17) is 0 Å². The molecule has 0 aliphatic carbocycles. The molecule has 0 atom stereocenters. The number of halogens is 1. The van der Waals surface area contributed by atoms with Gasteiger partial charge in [-0.3, -0.25) is 14.7 Å². The lowest BCUT2D eigenvalue weighted by molar-refractivity contribution is -0.125. The fourth-order valence-electron chi connectivity index (χ4n) is 1.80. The van der Waals surface area contributed by atoms with Crippen molar-refractivity contribution in [1.82, 2.24) is 4.98 Å². The van der Waals surface area contributed by atoms with Crippen molar-refractivity contribution in [3.63, 3.8) is 0 Å². The molecule has 0 saturated heterocycles. The van der Waals surface area contributed by atoms with Gasteiger partial charge < -0.3 is 0 Å². The fraction of sp³-hybridized carbons (Fsp3) is 0.250. The zero-order valence-electron chi connectivity index (χ0n) is 11.8. The zero-order valence-corrected chi connectivity index (χ0v) is 11.8. The average Bonchev–Trinajstić information content (AvgIpc) is 2.41. The van der Waals surface area contributed by atoms with E-state index >= 15 is 0 Å². The lowest BCUT2D eigenvalue weighted by Crippen LogP contribution is -2.36. The third-order valence-corrected chi connectivity index (χ3v) is 2.85. The van der Waals surface area contributed by atoms with Gasteiger partial charge >= 0.3 is 0 Å². The van der Waals surface area contributed by atoms with Crippen LogP contribution in [0.5, 0.6) is 0 Å². The summed E-state index contributed by atoms with van der Waals surface area (Å²) in [6.45, 7) is 5.56. The van der Waals surface area contributed by atoms with E-state index in [0.29, 0.717) is 11.4 Å². The van der Waals surface area contributed by atoms with Gasteiger partial charge in [0.25, 0.3) is 0 Å². The van der Waals surface area contributed by atoms with Crippen molar-refractivity contribution in [2.75, 3.05) is 4.90 Å². The minimum atomic E-state index is -0.544. The summed E-state index contributed by atoms with van der Waals surface area (Å²) in [6.07, 6.45) is 3.25. The van der Waals surface area contributed by atoms with Gasteiger partial charge in [-0.25, -0.2) is 4.39 Å². The zero-order chi connectivity index (χ0) is 14.8. The highest BCUT2D eigenvalue weighted by Gasteiger charge is 2.29. The van der Waals surface area contributed by atoms with E-state index in [9.17, 15) is 9.18 Å². The standard InChI is InChI=1S/C16H17FN2O/c1-16(2,3)15(20)19(14-8-10-18-11-9-14)13-6-4-12(17)5-7-13/h4-11H,1-3H3. The quantitative estimate of drug-likeness (QED) is 0.829. The van der Waals surface area contributed by atoms with Crippen LogP contribution in [0.1, 0.15) is 20.8 Å². The number of pyridine rings is 1. The molecule has 20 heavy (non-hydrogen) atoms. The third-order valence-electron chi connectivity index (χ3n) is 2.85. The van der Waals surface area contributed by atoms with Crippen molar-refractivity contribution in [3.05, 3.63) is 54.6 Å². The molecule has 0 aliphatic rings. The minimum Gasteiger partial charge on any atom is -0.281 e. The first-order chi connectivity index (χ1) is 9.39. The Bertz CT molecular complexity index is 588. The first-order valence-corrected chi connectivity index (χ1v) is 6.40. The van der Waals surface area contributed by atoms with Crippen LogP contribution in [-0.2, 0) is 4.79 Å². The summed E-state index contributed by atoms with van der Waals surface area (Å²) in [5.74, 6) is -0.387. The molecule has 0 bridgehead atoms. The van der Waals surface area contributed by atoms with E-state index in [-0.39, 0.29) is 11.7 Å². The SMILES string of the molecule is CC(C)(C)C(=O)N(c1ccncc1)c1ccc(F)cc1. The molecule has 1 heterocycles. The van der Waals surface area contributed by atoms with Crippen LogP contribution in [0, 0.1) is 11.2 Å². The molecule has 0 unspecified atom stereocenters. The number of carbonyl (C=O) groups excluding carboxylic acids is 1. The van der Waals surface area contributed by atoms with E-state index in [0.717, 1.165) is 0 Å². The molecule has 0 radical (unpaired) electrons. The Balaban J connectivity index is 2.50. The molecule has 2 aromatic rings. The Morgan fingerprint density at radius 1 is 1.00 bits per heavy atom. The molecule has 2 rings (SSSR count). The number of hydrogen-bond acceptors (Lipinski definition) is 2. The second-order valence-corrected chi connectivity index (χ2v) is 5.57. The van der Waals surface area contributed by atoms with Gasteiger partial charge in [0.1, 0.15) is 5.82 Å². The van der Waals surface area contributed by atoms with Crippen molar-refractivity contribution in [2.24, 2.45) is 5.41 Å². The Labute approximate surface area is 118 Å². The molecule has 0 fully saturated rings. The van der Waals surface area contributed by atoms with E-state index in [1.165, 1.54) is 12.1 Å². The van der Waals surface area contributed by atoms with Gasteiger partial charge in [-0.05, 0) is 36.4 Å². The molecule has 1 amide bonds. The van der Waals surface area contributed by atoms with Gasteiger partial charge in [0.05, 0.1) is 5.69 Å². The highest BCUT2D eigenvalue weighted by molar-refractivity contribution is 6.03. The molecule has 3 nitrogen and oxygen atoms in total.